The summed E-state index contributed by atoms with van der Waals surface area (Å²) in [4.78, 5) is 14.0. The van der Waals surface area contributed by atoms with Gasteiger partial charge in [0, 0.05) is 5.69 Å². The van der Waals surface area contributed by atoms with E-state index in [1.54, 1.807) is 0 Å². The smallest absolute Gasteiger partial charge is 0.348 e. The summed E-state index contributed by atoms with van der Waals surface area (Å²) in [5, 5.41) is 2.29. The molecule has 10 heteroatoms. The summed E-state index contributed by atoms with van der Waals surface area (Å²) in [5.74, 6) is -0.392. The molecule has 0 aromatic heterocycles. The summed E-state index contributed by atoms with van der Waals surface area (Å²) in [7, 11) is -4.25. The minimum absolute atomic E-state index is 0. The molecule has 8 nitrogen and oxygen atoms in total. The van der Waals surface area contributed by atoms with Gasteiger partial charge in [-0.25, -0.2) is 4.79 Å². The Morgan fingerprint density at radius 3 is 2.11 bits per heavy atom. The van der Waals surface area contributed by atoms with Gasteiger partial charge < -0.3 is 16.8 Å². The molecule has 0 aliphatic heterocycles. The number of rotatable bonds is 2. The van der Waals surface area contributed by atoms with Gasteiger partial charge in [0.2, 0.25) is 0 Å². The minimum Gasteiger partial charge on any atom is -0.370 e. The first-order valence-electron chi connectivity index (χ1n) is 4.27. The number of nitrogens with two attached hydrogens (primary N) is 2. The lowest BCUT2D eigenvalue weighted by atomic mass is 10.3. The monoisotopic (exact) mass is 294 g/mol. The van der Waals surface area contributed by atoms with E-state index in [9.17, 15) is 13.2 Å². The number of urea groups is 1. The van der Waals surface area contributed by atoms with Gasteiger partial charge in [-0.1, -0.05) is 0 Å². The Hall–Kier alpha value is -1.84. The van der Waals surface area contributed by atoms with E-state index in [2.05, 4.69) is 10.3 Å². The molecule has 0 saturated heterocycles. The molecule has 0 radical (unpaired) electrons. The number of nitrogens with one attached hydrogen (secondary N) is 1. The molecule has 0 atom stereocenters. The van der Waals surface area contributed by atoms with Crippen molar-refractivity contribution in [3.05, 3.63) is 24.3 Å². The lowest BCUT2D eigenvalue weighted by molar-refractivity contribution is 0.259. The molecule has 0 bridgehead atoms. The highest BCUT2D eigenvalue weighted by atomic mass is 35.5. The van der Waals surface area contributed by atoms with Gasteiger partial charge in [-0.3, -0.25) is 4.55 Å². The third kappa shape index (κ3) is 4.99. The summed E-state index contributed by atoms with van der Waals surface area (Å²) < 4.78 is 30.2. The van der Waals surface area contributed by atoms with E-state index in [0.29, 0.717) is 0 Å². The Morgan fingerprint density at radius 2 is 1.72 bits per heavy atom. The van der Waals surface area contributed by atoms with Crippen molar-refractivity contribution in [3.8, 4) is 0 Å². The molecule has 0 fully saturated rings. The molecule has 0 heterocycles. The second-order valence-corrected chi connectivity index (χ2v) is 4.39. The normalized spacial score (nSPS) is 10.1. The Kier molecular flexibility index (Phi) is 5.56. The van der Waals surface area contributed by atoms with E-state index in [0.717, 1.165) is 12.1 Å². The van der Waals surface area contributed by atoms with Crippen molar-refractivity contribution in [3.63, 3.8) is 0 Å². The average molecular weight is 295 g/mol. The number of nitrogens with zero attached hydrogens (tertiary/aromatic N) is 1. The van der Waals surface area contributed by atoms with Crippen molar-refractivity contribution >= 4 is 40.2 Å². The zero-order chi connectivity index (χ0) is 13.1. The van der Waals surface area contributed by atoms with Gasteiger partial charge in [-0.15, -0.1) is 12.4 Å². The fourth-order valence-electron chi connectivity index (χ4n) is 0.979. The van der Waals surface area contributed by atoms with Gasteiger partial charge in [0.05, 0.1) is 4.90 Å². The molecule has 0 spiro atoms. The summed E-state index contributed by atoms with van der Waals surface area (Å²) in [5.41, 5.74) is 10.3. The van der Waals surface area contributed by atoms with E-state index in [1.807, 2.05) is 0 Å². The van der Waals surface area contributed by atoms with Crippen molar-refractivity contribution in [2.24, 2.45) is 16.5 Å². The van der Waals surface area contributed by atoms with Crippen LogP contribution in [0.3, 0.4) is 0 Å². The molecule has 100 valence electrons. The van der Waals surface area contributed by atoms with Crippen LogP contribution in [0.1, 0.15) is 0 Å². The van der Waals surface area contributed by atoms with E-state index in [1.165, 1.54) is 12.1 Å². The van der Waals surface area contributed by atoms with Crippen LogP contribution in [-0.4, -0.2) is 25.0 Å². The number of amides is 2. The predicted molar refractivity (Wildman–Crippen MR) is 68.3 cm³/mol. The van der Waals surface area contributed by atoms with Gasteiger partial charge in [0.25, 0.3) is 10.1 Å². The highest BCUT2D eigenvalue weighted by Gasteiger charge is 2.09. The maximum atomic E-state index is 11.1. The summed E-state index contributed by atoms with van der Waals surface area (Å²) >= 11 is 0. The number of hydrogen-bond acceptors (Lipinski definition) is 3. The molecule has 1 aromatic rings. The van der Waals surface area contributed by atoms with Crippen molar-refractivity contribution in [2.45, 2.75) is 4.90 Å². The maximum Gasteiger partial charge on any atom is 0.348 e. The van der Waals surface area contributed by atoms with Gasteiger partial charge in [-0.2, -0.15) is 13.4 Å². The second-order valence-electron chi connectivity index (χ2n) is 2.97. The molecule has 1 rings (SSSR count). The van der Waals surface area contributed by atoms with Gasteiger partial charge in [0.1, 0.15) is 0 Å². The predicted octanol–water partition coefficient (Wildman–Crippen LogP) is 0.160. The third-order valence-electron chi connectivity index (χ3n) is 1.63. The summed E-state index contributed by atoms with van der Waals surface area (Å²) in [6, 6.07) is 4.03. The third-order valence-corrected chi connectivity index (χ3v) is 2.50. The molecule has 0 saturated carbocycles. The van der Waals surface area contributed by atoms with Crippen LogP contribution in [0.4, 0.5) is 10.5 Å². The van der Waals surface area contributed by atoms with Crippen molar-refractivity contribution in [1.29, 1.82) is 0 Å². The van der Waals surface area contributed by atoms with Crippen LogP contribution in [0, 0.1) is 0 Å². The summed E-state index contributed by atoms with van der Waals surface area (Å²) in [6.07, 6.45) is 0. The van der Waals surface area contributed by atoms with Crippen LogP contribution in [-0.2, 0) is 10.1 Å². The Bertz CT molecular complexity index is 551. The highest BCUT2D eigenvalue weighted by molar-refractivity contribution is 7.85. The molecule has 0 aliphatic rings. The molecule has 1 aromatic carbocycles. The molecule has 6 N–H and O–H groups in total. The zero-order valence-electron chi connectivity index (χ0n) is 8.90. The van der Waals surface area contributed by atoms with Crippen LogP contribution in [0.2, 0.25) is 0 Å². The molecular weight excluding hydrogens is 284 g/mol. The second kappa shape index (κ2) is 6.19. The Morgan fingerprint density at radius 1 is 1.22 bits per heavy atom. The highest BCUT2D eigenvalue weighted by Crippen LogP contribution is 2.13. The van der Waals surface area contributed by atoms with Crippen LogP contribution in [0.15, 0.2) is 34.2 Å². The van der Waals surface area contributed by atoms with Crippen LogP contribution >= 0.6 is 12.4 Å². The number of halogens is 1. The van der Waals surface area contributed by atoms with Crippen molar-refractivity contribution in [1.82, 2.24) is 0 Å². The lowest BCUT2D eigenvalue weighted by Crippen LogP contribution is -2.25. The number of carbonyl (C=O) groups is 1. The number of hydrogen-bond donors (Lipinski definition) is 4. The first-order chi connectivity index (χ1) is 7.79. The van der Waals surface area contributed by atoms with Crippen molar-refractivity contribution in [2.75, 3.05) is 5.32 Å². The fourth-order valence-corrected chi connectivity index (χ4v) is 1.46. The van der Waals surface area contributed by atoms with E-state index >= 15 is 0 Å². The minimum atomic E-state index is -4.25. The number of benzene rings is 1. The molecule has 18 heavy (non-hydrogen) atoms. The first kappa shape index (κ1) is 16.2. The largest absolute Gasteiger partial charge is 0.370 e. The molecule has 2 amide bonds. The number of aliphatic imine (C=N–C) groups is 1. The zero-order valence-corrected chi connectivity index (χ0v) is 10.5. The summed E-state index contributed by atoms with van der Waals surface area (Å²) in [6.45, 7) is 0. The van der Waals surface area contributed by atoms with Crippen LogP contribution in [0.5, 0.6) is 0 Å². The average Bonchev–Trinajstić information content (AvgIpc) is 2.15. The van der Waals surface area contributed by atoms with Gasteiger partial charge >= 0.3 is 6.03 Å². The van der Waals surface area contributed by atoms with Gasteiger partial charge in [-0.05, 0) is 24.3 Å². The first-order valence-corrected chi connectivity index (χ1v) is 5.71. The maximum absolute atomic E-state index is 11.1. The number of guanidine groups is 1. The molecular formula is C8H11ClN4O4S. The van der Waals surface area contributed by atoms with Gasteiger partial charge in [0.15, 0.2) is 5.96 Å². The Balaban J connectivity index is 0.00000289. The van der Waals surface area contributed by atoms with E-state index < -0.39 is 22.1 Å². The quantitative estimate of drug-likeness (QED) is 0.347. The topological polar surface area (TPSA) is 148 Å². The SMILES string of the molecule is Cl.NC(N)=NC(=O)Nc1ccc(S(=O)(=O)O)cc1. The van der Waals surface area contributed by atoms with E-state index in [-0.39, 0.29) is 23.0 Å². The lowest BCUT2D eigenvalue weighted by Gasteiger charge is -2.02. The molecule has 0 unspecified atom stereocenters. The van der Waals surface area contributed by atoms with E-state index in [4.69, 9.17) is 16.0 Å². The molecule has 0 aliphatic carbocycles. The number of anilines is 1. The van der Waals surface area contributed by atoms with Crippen LogP contribution < -0.4 is 16.8 Å². The fraction of sp³-hybridized carbons (Fsp3) is 0. The van der Waals surface area contributed by atoms with Crippen molar-refractivity contribution < 1.29 is 17.8 Å². The standard InChI is InChI=1S/C8H10N4O4S.ClH/c9-7(10)12-8(13)11-5-1-3-6(4-2-5)17(14,15)16;/h1-4H,(H,14,15,16)(H5,9,10,11,12,13);1H. The number of carbonyl (C=O) groups excluding carboxylic acids is 1. The van der Waals surface area contributed by atoms with Crippen LogP contribution in [0.25, 0.3) is 0 Å². The Labute approximate surface area is 109 Å².